The van der Waals surface area contributed by atoms with Gasteiger partial charge in [-0.25, -0.2) is 8.42 Å². The predicted octanol–water partition coefficient (Wildman–Crippen LogP) is 0.786. The summed E-state index contributed by atoms with van der Waals surface area (Å²) < 4.78 is 22.2. The lowest BCUT2D eigenvalue weighted by atomic mass is 9.98. The Morgan fingerprint density at radius 2 is 1.73 bits per heavy atom. The highest BCUT2D eigenvalue weighted by molar-refractivity contribution is 7.91. The topological polar surface area (TPSA) is 54.4 Å². The van der Waals surface area contributed by atoms with Crippen molar-refractivity contribution in [2.45, 2.75) is 33.1 Å². The molecule has 1 atom stereocenters. The Morgan fingerprint density at radius 1 is 1.36 bits per heavy atom. The van der Waals surface area contributed by atoms with E-state index in [9.17, 15) is 13.5 Å². The minimum absolute atomic E-state index is 0.00850. The smallest absolute Gasteiger partial charge is 0.177 e. The average Bonchev–Trinajstić information content (AvgIpc) is 1.84. The van der Waals surface area contributed by atoms with Crippen molar-refractivity contribution in [1.29, 1.82) is 0 Å². The van der Waals surface area contributed by atoms with Gasteiger partial charge in [0.2, 0.25) is 0 Å². The van der Waals surface area contributed by atoms with E-state index in [1.54, 1.807) is 20.8 Å². The molecule has 1 unspecified atom stereocenters. The molecule has 0 aromatic heterocycles. The first kappa shape index (κ1) is 10.9. The van der Waals surface area contributed by atoms with E-state index in [0.717, 1.165) is 0 Å². The monoisotopic (exact) mass is 180 g/mol. The number of hydrogen-bond acceptors (Lipinski definition) is 3. The fourth-order valence-electron chi connectivity index (χ4n) is 0.697. The van der Waals surface area contributed by atoms with Crippen LogP contribution in [0.25, 0.3) is 0 Å². The van der Waals surface area contributed by atoms with Crippen LogP contribution in [0.4, 0.5) is 0 Å². The van der Waals surface area contributed by atoms with Crippen LogP contribution in [0.15, 0.2) is 0 Å². The van der Waals surface area contributed by atoms with Crippen LogP contribution < -0.4 is 0 Å². The van der Waals surface area contributed by atoms with E-state index in [1.165, 1.54) is 6.92 Å². The fraction of sp³-hybridized carbons (Fsp3) is 1.00. The van der Waals surface area contributed by atoms with E-state index >= 15 is 0 Å². The summed E-state index contributed by atoms with van der Waals surface area (Å²) in [6, 6.07) is 0. The lowest BCUT2D eigenvalue weighted by Gasteiger charge is -2.24. The minimum atomic E-state index is -3.30. The summed E-state index contributed by atoms with van der Waals surface area (Å²) in [6.07, 6.45) is 0. The molecule has 0 aliphatic rings. The van der Waals surface area contributed by atoms with E-state index in [2.05, 4.69) is 0 Å². The number of rotatable bonds is 2. The summed E-state index contributed by atoms with van der Waals surface area (Å²) in [4.78, 5) is 0. The molecule has 68 valence electrons. The Balaban J connectivity index is 4.64. The molecule has 0 saturated heterocycles. The van der Waals surface area contributed by atoms with Gasteiger partial charge in [0.25, 0.3) is 0 Å². The van der Waals surface area contributed by atoms with Crippen LogP contribution in [-0.4, -0.2) is 24.7 Å². The fourth-order valence-corrected chi connectivity index (χ4v) is 2.09. The lowest BCUT2D eigenvalue weighted by Crippen LogP contribution is -2.35. The van der Waals surface area contributed by atoms with Crippen LogP contribution in [-0.2, 0) is 9.84 Å². The van der Waals surface area contributed by atoms with Crippen molar-refractivity contribution in [3.8, 4) is 0 Å². The van der Waals surface area contributed by atoms with Gasteiger partial charge in [0.15, 0.2) is 15.3 Å². The molecule has 4 heteroatoms. The molecule has 0 amide bonds. The molecule has 0 aromatic rings. The summed E-state index contributed by atoms with van der Waals surface area (Å²) >= 11 is 0. The summed E-state index contributed by atoms with van der Waals surface area (Å²) in [7, 11) is -3.30. The van der Waals surface area contributed by atoms with Crippen molar-refractivity contribution in [3.63, 3.8) is 0 Å². The first-order chi connectivity index (χ1) is 4.72. The van der Waals surface area contributed by atoms with Crippen LogP contribution in [0.2, 0.25) is 0 Å². The Morgan fingerprint density at radius 3 is 1.82 bits per heavy atom. The van der Waals surface area contributed by atoms with E-state index in [0.29, 0.717) is 0 Å². The van der Waals surface area contributed by atoms with E-state index in [-0.39, 0.29) is 5.75 Å². The molecule has 0 spiro atoms. The second-order valence-corrected chi connectivity index (χ2v) is 6.02. The number of aliphatic hydroxyl groups excluding tert-OH is 1. The first-order valence-corrected chi connectivity index (χ1v) is 5.33. The van der Waals surface area contributed by atoms with Crippen molar-refractivity contribution in [2.24, 2.45) is 5.41 Å². The highest BCUT2D eigenvalue weighted by atomic mass is 32.2. The number of hydrogen-bond donors (Lipinski definition) is 1. The summed E-state index contributed by atoms with van der Waals surface area (Å²) in [5.41, 5.74) is -1.84. The second kappa shape index (κ2) is 3.11. The third-order valence-electron chi connectivity index (χ3n) is 1.48. The first-order valence-electron chi connectivity index (χ1n) is 3.61. The molecule has 0 aromatic carbocycles. The largest absolute Gasteiger partial charge is 0.377 e. The zero-order chi connectivity index (χ0) is 9.28. The molecular formula is C7H16O3S. The standard InChI is InChI=1S/C7H16O3S/c1-5-11(9,10)6(8)7(2,3)4/h6,8H,5H2,1-4H3. The summed E-state index contributed by atoms with van der Waals surface area (Å²) in [5, 5.41) is 9.33. The SMILES string of the molecule is CCS(=O)(=O)C(O)C(C)(C)C. The van der Waals surface area contributed by atoms with Gasteiger partial charge in [0, 0.05) is 11.2 Å². The van der Waals surface area contributed by atoms with Gasteiger partial charge in [-0.05, 0) is 0 Å². The second-order valence-electron chi connectivity index (χ2n) is 3.67. The molecule has 0 rings (SSSR count). The molecule has 0 saturated carbocycles. The Kier molecular flexibility index (Phi) is 3.08. The zero-order valence-corrected chi connectivity index (χ0v) is 8.27. The maximum atomic E-state index is 11.1. The van der Waals surface area contributed by atoms with Gasteiger partial charge < -0.3 is 5.11 Å². The maximum absolute atomic E-state index is 11.1. The van der Waals surface area contributed by atoms with Crippen molar-refractivity contribution in [3.05, 3.63) is 0 Å². The van der Waals surface area contributed by atoms with Crippen LogP contribution in [0.1, 0.15) is 27.7 Å². The molecule has 11 heavy (non-hydrogen) atoms. The third-order valence-corrected chi connectivity index (χ3v) is 3.68. The van der Waals surface area contributed by atoms with Gasteiger partial charge in [0.05, 0.1) is 0 Å². The Labute approximate surface area is 68.3 Å². The highest BCUT2D eigenvalue weighted by Crippen LogP contribution is 2.23. The Hall–Kier alpha value is -0.0900. The van der Waals surface area contributed by atoms with Gasteiger partial charge in [-0.15, -0.1) is 0 Å². The van der Waals surface area contributed by atoms with Gasteiger partial charge in [-0.2, -0.15) is 0 Å². The van der Waals surface area contributed by atoms with E-state index < -0.39 is 20.7 Å². The maximum Gasteiger partial charge on any atom is 0.177 e. The molecule has 0 heterocycles. The van der Waals surface area contributed by atoms with Crippen LogP contribution >= 0.6 is 0 Å². The molecule has 0 aliphatic carbocycles. The molecule has 0 aliphatic heterocycles. The van der Waals surface area contributed by atoms with Gasteiger partial charge in [-0.3, -0.25) is 0 Å². The molecule has 0 fully saturated rings. The lowest BCUT2D eigenvalue weighted by molar-refractivity contribution is 0.132. The van der Waals surface area contributed by atoms with E-state index in [4.69, 9.17) is 0 Å². The van der Waals surface area contributed by atoms with Gasteiger partial charge in [0.1, 0.15) is 0 Å². The molecule has 3 nitrogen and oxygen atoms in total. The summed E-state index contributed by atoms with van der Waals surface area (Å²) in [5.74, 6) is -0.00850. The molecule has 0 bridgehead atoms. The van der Waals surface area contributed by atoms with Gasteiger partial charge >= 0.3 is 0 Å². The molecular weight excluding hydrogens is 164 g/mol. The minimum Gasteiger partial charge on any atom is -0.377 e. The quantitative estimate of drug-likeness (QED) is 0.683. The average molecular weight is 180 g/mol. The van der Waals surface area contributed by atoms with Crippen LogP contribution in [0.3, 0.4) is 0 Å². The predicted molar refractivity (Wildman–Crippen MR) is 44.9 cm³/mol. The number of sulfone groups is 1. The Bertz CT molecular complexity index is 210. The summed E-state index contributed by atoms with van der Waals surface area (Å²) in [6.45, 7) is 6.63. The van der Waals surface area contributed by atoms with Crippen molar-refractivity contribution in [2.75, 3.05) is 5.75 Å². The van der Waals surface area contributed by atoms with Crippen LogP contribution in [0.5, 0.6) is 0 Å². The molecule has 0 radical (unpaired) electrons. The van der Waals surface area contributed by atoms with E-state index in [1.807, 2.05) is 0 Å². The molecule has 1 N–H and O–H groups in total. The normalized spacial score (nSPS) is 16.5. The number of aliphatic hydroxyl groups is 1. The third kappa shape index (κ3) is 2.79. The van der Waals surface area contributed by atoms with Gasteiger partial charge in [-0.1, -0.05) is 27.7 Å². The van der Waals surface area contributed by atoms with Crippen LogP contribution in [0, 0.1) is 5.41 Å². The van der Waals surface area contributed by atoms with Crippen molar-refractivity contribution >= 4 is 9.84 Å². The van der Waals surface area contributed by atoms with Crippen molar-refractivity contribution < 1.29 is 13.5 Å². The van der Waals surface area contributed by atoms with Crippen molar-refractivity contribution in [1.82, 2.24) is 0 Å². The zero-order valence-electron chi connectivity index (χ0n) is 7.46. The highest BCUT2D eigenvalue weighted by Gasteiger charge is 2.32.